The maximum atomic E-state index is 11.7. The molecule has 5 nitrogen and oxygen atoms in total. The summed E-state index contributed by atoms with van der Waals surface area (Å²) >= 11 is 0. The molecule has 124 valence electrons. The maximum Gasteiger partial charge on any atom is 0.220 e. The molecule has 1 amide bonds. The summed E-state index contributed by atoms with van der Waals surface area (Å²) in [6, 6.07) is 5.29. The quantitative estimate of drug-likeness (QED) is 0.724. The molecule has 0 spiro atoms. The number of benzene rings is 1. The first-order chi connectivity index (χ1) is 10.4. The van der Waals surface area contributed by atoms with Gasteiger partial charge in [0.05, 0.1) is 20.3 Å². The second-order valence-electron chi connectivity index (χ2n) is 6.42. The highest BCUT2D eigenvalue weighted by molar-refractivity contribution is 5.75. The molecule has 0 aromatic heterocycles. The highest BCUT2D eigenvalue weighted by Gasteiger charge is 2.11. The fraction of sp³-hybridized carbons (Fsp3) is 0.588. The van der Waals surface area contributed by atoms with Crippen LogP contribution in [-0.4, -0.2) is 31.3 Å². The number of hydrogen-bond acceptors (Lipinski definition) is 4. The van der Waals surface area contributed by atoms with Gasteiger partial charge >= 0.3 is 0 Å². The van der Waals surface area contributed by atoms with Crippen molar-refractivity contribution in [2.24, 2.45) is 5.41 Å². The third-order valence-electron chi connectivity index (χ3n) is 3.06. The molecule has 0 aliphatic rings. The van der Waals surface area contributed by atoms with Crippen molar-refractivity contribution in [3.63, 3.8) is 0 Å². The van der Waals surface area contributed by atoms with E-state index in [1.54, 1.807) is 25.3 Å². The number of methoxy groups -OCH3 is 1. The number of aliphatic hydroxyl groups excluding tert-OH is 1. The number of rotatable bonds is 8. The number of carbonyl (C=O) groups excluding carboxylic acids is 1. The molecule has 0 bridgehead atoms. The summed E-state index contributed by atoms with van der Waals surface area (Å²) < 4.78 is 10.8. The summed E-state index contributed by atoms with van der Waals surface area (Å²) in [5.41, 5.74) is 0.813. The molecule has 0 saturated heterocycles. The smallest absolute Gasteiger partial charge is 0.220 e. The summed E-state index contributed by atoms with van der Waals surface area (Å²) in [6.45, 7) is 7.31. The van der Waals surface area contributed by atoms with Gasteiger partial charge in [0, 0.05) is 24.6 Å². The average molecular weight is 309 g/mol. The minimum Gasteiger partial charge on any atom is -0.496 e. The second-order valence-corrected chi connectivity index (χ2v) is 6.42. The molecule has 1 rings (SSSR count). The van der Waals surface area contributed by atoms with E-state index in [-0.39, 0.29) is 17.9 Å². The monoisotopic (exact) mass is 309 g/mol. The van der Waals surface area contributed by atoms with Crippen molar-refractivity contribution in [1.82, 2.24) is 5.32 Å². The van der Waals surface area contributed by atoms with Gasteiger partial charge in [0.15, 0.2) is 0 Å². The Labute approximate surface area is 132 Å². The number of aliphatic hydroxyl groups is 1. The van der Waals surface area contributed by atoms with E-state index >= 15 is 0 Å². The van der Waals surface area contributed by atoms with E-state index in [1.807, 2.05) is 0 Å². The van der Waals surface area contributed by atoms with E-state index in [1.165, 1.54) is 0 Å². The first-order valence-electron chi connectivity index (χ1n) is 7.53. The van der Waals surface area contributed by atoms with Crippen LogP contribution in [0.1, 0.15) is 39.2 Å². The van der Waals surface area contributed by atoms with Crippen LogP contribution in [0.2, 0.25) is 0 Å². The largest absolute Gasteiger partial charge is 0.496 e. The summed E-state index contributed by atoms with van der Waals surface area (Å²) in [5, 5.41) is 12.1. The first-order valence-corrected chi connectivity index (χ1v) is 7.53. The minimum atomic E-state index is -0.0720. The Kier molecular flexibility index (Phi) is 7.18. The van der Waals surface area contributed by atoms with Gasteiger partial charge in [-0.15, -0.1) is 0 Å². The predicted octanol–water partition coefficient (Wildman–Crippen LogP) is 2.51. The van der Waals surface area contributed by atoms with E-state index in [0.29, 0.717) is 37.5 Å². The lowest BCUT2D eigenvalue weighted by Gasteiger charge is -2.18. The Morgan fingerprint density at radius 3 is 2.64 bits per heavy atom. The Balaban J connectivity index is 2.31. The standard InChI is InChI=1S/C17H27NO4/c1-17(2,3)12-18-16(20)6-5-9-22-14-8-7-13(11-19)15(10-14)21-4/h7-8,10,19H,5-6,9,11-12H2,1-4H3,(H,18,20). The molecule has 22 heavy (non-hydrogen) atoms. The molecule has 0 radical (unpaired) electrons. The summed E-state index contributed by atoms with van der Waals surface area (Å²) in [4.78, 5) is 11.7. The van der Waals surface area contributed by atoms with Crippen molar-refractivity contribution in [2.75, 3.05) is 20.3 Å². The van der Waals surface area contributed by atoms with Gasteiger partial charge in [-0.2, -0.15) is 0 Å². The zero-order chi connectivity index (χ0) is 16.6. The van der Waals surface area contributed by atoms with Crippen LogP contribution in [-0.2, 0) is 11.4 Å². The molecule has 1 aromatic rings. The zero-order valence-electron chi connectivity index (χ0n) is 13.9. The van der Waals surface area contributed by atoms with Crippen LogP contribution in [0.5, 0.6) is 11.5 Å². The highest BCUT2D eigenvalue weighted by atomic mass is 16.5. The molecule has 1 aromatic carbocycles. The molecule has 5 heteroatoms. The van der Waals surface area contributed by atoms with Gasteiger partial charge in [-0.3, -0.25) is 4.79 Å². The van der Waals surface area contributed by atoms with E-state index < -0.39 is 0 Å². The van der Waals surface area contributed by atoms with E-state index in [9.17, 15) is 4.79 Å². The van der Waals surface area contributed by atoms with Gasteiger partial charge in [-0.25, -0.2) is 0 Å². The fourth-order valence-electron chi connectivity index (χ4n) is 1.82. The van der Waals surface area contributed by atoms with Crippen LogP contribution in [0.4, 0.5) is 0 Å². The van der Waals surface area contributed by atoms with Crippen molar-refractivity contribution < 1.29 is 19.4 Å². The van der Waals surface area contributed by atoms with Crippen molar-refractivity contribution in [1.29, 1.82) is 0 Å². The molecule has 0 aliphatic carbocycles. The van der Waals surface area contributed by atoms with Crippen LogP contribution in [0.25, 0.3) is 0 Å². The first kappa shape index (κ1) is 18.3. The third-order valence-corrected chi connectivity index (χ3v) is 3.06. The van der Waals surface area contributed by atoms with Gasteiger partial charge in [0.25, 0.3) is 0 Å². The van der Waals surface area contributed by atoms with Gasteiger partial charge in [-0.1, -0.05) is 20.8 Å². The molecular formula is C17H27NO4. The van der Waals surface area contributed by atoms with Crippen LogP contribution < -0.4 is 14.8 Å². The van der Waals surface area contributed by atoms with E-state index in [2.05, 4.69) is 26.1 Å². The van der Waals surface area contributed by atoms with E-state index in [0.717, 1.165) is 5.56 Å². The maximum absolute atomic E-state index is 11.7. The minimum absolute atomic E-state index is 0.0479. The van der Waals surface area contributed by atoms with Crippen LogP contribution in [0.3, 0.4) is 0 Å². The average Bonchev–Trinajstić information content (AvgIpc) is 2.48. The lowest BCUT2D eigenvalue weighted by Crippen LogP contribution is -2.32. The number of nitrogens with one attached hydrogen (secondary N) is 1. The van der Waals surface area contributed by atoms with Crippen molar-refractivity contribution >= 4 is 5.91 Å². The Bertz CT molecular complexity index is 480. The number of hydrogen-bond donors (Lipinski definition) is 2. The normalized spacial score (nSPS) is 11.1. The van der Waals surface area contributed by atoms with Crippen LogP contribution in [0.15, 0.2) is 18.2 Å². The van der Waals surface area contributed by atoms with Crippen LogP contribution in [0, 0.1) is 5.41 Å². The second kappa shape index (κ2) is 8.63. The van der Waals surface area contributed by atoms with Crippen molar-refractivity contribution in [2.45, 2.75) is 40.2 Å². The SMILES string of the molecule is COc1cc(OCCCC(=O)NCC(C)(C)C)ccc1CO. The van der Waals surface area contributed by atoms with Crippen molar-refractivity contribution in [3.8, 4) is 11.5 Å². The number of carbonyl (C=O) groups is 1. The topological polar surface area (TPSA) is 67.8 Å². The summed E-state index contributed by atoms with van der Waals surface area (Å²) in [5.74, 6) is 1.32. The third kappa shape index (κ3) is 6.80. The fourth-order valence-corrected chi connectivity index (χ4v) is 1.82. The molecular weight excluding hydrogens is 282 g/mol. The summed E-state index contributed by atoms with van der Waals surface area (Å²) in [7, 11) is 1.55. The van der Waals surface area contributed by atoms with Gasteiger partial charge < -0.3 is 19.9 Å². The molecule has 2 N–H and O–H groups in total. The Hall–Kier alpha value is -1.75. The zero-order valence-corrected chi connectivity index (χ0v) is 13.9. The van der Waals surface area contributed by atoms with Crippen LogP contribution >= 0.6 is 0 Å². The summed E-state index contributed by atoms with van der Waals surface area (Å²) in [6.07, 6.45) is 1.10. The molecule has 0 fully saturated rings. The van der Waals surface area contributed by atoms with Gasteiger partial charge in [0.1, 0.15) is 11.5 Å². The van der Waals surface area contributed by atoms with E-state index in [4.69, 9.17) is 14.6 Å². The molecule has 0 saturated carbocycles. The Morgan fingerprint density at radius 2 is 2.05 bits per heavy atom. The molecule has 0 unspecified atom stereocenters. The Morgan fingerprint density at radius 1 is 1.32 bits per heavy atom. The number of ether oxygens (including phenoxy) is 2. The number of amides is 1. The molecule has 0 atom stereocenters. The lowest BCUT2D eigenvalue weighted by atomic mass is 9.97. The molecule has 0 heterocycles. The molecule has 0 aliphatic heterocycles. The van der Waals surface area contributed by atoms with Crippen molar-refractivity contribution in [3.05, 3.63) is 23.8 Å². The lowest BCUT2D eigenvalue weighted by molar-refractivity contribution is -0.121. The highest BCUT2D eigenvalue weighted by Crippen LogP contribution is 2.24. The van der Waals surface area contributed by atoms with Gasteiger partial charge in [-0.05, 0) is 24.0 Å². The van der Waals surface area contributed by atoms with Gasteiger partial charge in [0.2, 0.25) is 5.91 Å². The predicted molar refractivity (Wildman–Crippen MR) is 86.1 cm³/mol.